The third-order valence-corrected chi connectivity index (χ3v) is 5.02. The predicted molar refractivity (Wildman–Crippen MR) is 111 cm³/mol. The van der Waals surface area contributed by atoms with Gasteiger partial charge in [-0.15, -0.1) is 6.42 Å². The first kappa shape index (κ1) is 20.9. The molecule has 0 saturated heterocycles. The van der Waals surface area contributed by atoms with E-state index in [9.17, 15) is 14.4 Å². The molecule has 2 amide bonds. The highest BCUT2D eigenvalue weighted by Gasteiger charge is 2.30. The molecule has 2 aromatic rings. The number of rotatable bonds is 7. The number of fused-ring (bicyclic) bond motifs is 3. The van der Waals surface area contributed by atoms with E-state index < -0.39 is 30.4 Å². The molecule has 1 unspecified atom stereocenters. The van der Waals surface area contributed by atoms with E-state index in [0.717, 1.165) is 22.3 Å². The number of terminal acetylenes is 1. The van der Waals surface area contributed by atoms with Gasteiger partial charge in [-0.1, -0.05) is 54.5 Å². The number of carbonyl (C=O) groups is 3. The Morgan fingerprint density at radius 1 is 1.13 bits per heavy atom. The van der Waals surface area contributed by atoms with Crippen LogP contribution in [-0.4, -0.2) is 54.2 Å². The number of ether oxygens (including phenoxy) is 1. The van der Waals surface area contributed by atoms with Crippen molar-refractivity contribution in [1.82, 2.24) is 10.2 Å². The standard InChI is InChI=1S/C23H22N2O5/c1-3-12-25(2)22(28)20(13-21(26)27)24-23(29)30-14-19-17-10-6-4-8-15(17)16-9-5-7-11-18(16)19/h1,4-11,19-20H,12-14H2,2H3,(H,24,29)(H,26,27). The number of aliphatic carboxylic acids is 1. The normalized spacial score (nSPS) is 12.8. The number of nitrogens with zero attached hydrogens (tertiary/aromatic N) is 1. The highest BCUT2D eigenvalue weighted by molar-refractivity contribution is 5.89. The van der Waals surface area contributed by atoms with E-state index >= 15 is 0 Å². The lowest BCUT2D eigenvalue weighted by Gasteiger charge is -2.22. The summed E-state index contributed by atoms with van der Waals surface area (Å²) in [5, 5.41) is 11.4. The lowest BCUT2D eigenvalue weighted by Crippen LogP contribution is -2.48. The first-order valence-corrected chi connectivity index (χ1v) is 9.44. The number of likely N-dealkylation sites (N-methyl/N-ethyl adjacent to an activating group) is 1. The molecule has 0 aromatic heterocycles. The van der Waals surface area contributed by atoms with Gasteiger partial charge in [0.25, 0.3) is 0 Å². The second-order valence-corrected chi connectivity index (χ2v) is 7.02. The van der Waals surface area contributed by atoms with Crippen LogP contribution < -0.4 is 5.32 Å². The number of carboxylic acid groups (broad SMARTS) is 1. The number of alkyl carbamates (subject to hydrolysis) is 1. The first-order chi connectivity index (χ1) is 14.4. The van der Waals surface area contributed by atoms with Crippen LogP contribution in [-0.2, 0) is 14.3 Å². The summed E-state index contributed by atoms with van der Waals surface area (Å²) in [7, 11) is 1.44. The van der Waals surface area contributed by atoms with Crippen molar-refractivity contribution in [2.24, 2.45) is 0 Å². The Balaban J connectivity index is 1.69. The molecule has 7 nitrogen and oxygen atoms in total. The Bertz CT molecular complexity index is 965. The summed E-state index contributed by atoms with van der Waals surface area (Å²) in [6.45, 7) is 0.0648. The second-order valence-electron chi connectivity index (χ2n) is 7.02. The van der Waals surface area contributed by atoms with Crippen LogP contribution in [0.1, 0.15) is 23.5 Å². The molecule has 1 aliphatic carbocycles. The molecule has 7 heteroatoms. The fraction of sp³-hybridized carbons (Fsp3) is 0.261. The van der Waals surface area contributed by atoms with Crippen molar-refractivity contribution in [3.05, 3.63) is 59.7 Å². The number of amides is 2. The Labute approximate surface area is 174 Å². The lowest BCUT2D eigenvalue weighted by atomic mass is 9.98. The fourth-order valence-electron chi connectivity index (χ4n) is 3.64. The minimum absolute atomic E-state index is 0.00131. The highest BCUT2D eigenvalue weighted by atomic mass is 16.5. The Morgan fingerprint density at radius 2 is 1.70 bits per heavy atom. The van der Waals surface area contributed by atoms with E-state index in [2.05, 4.69) is 11.2 Å². The van der Waals surface area contributed by atoms with Crippen molar-refractivity contribution in [2.75, 3.05) is 20.2 Å². The summed E-state index contributed by atoms with van der Waals surface area (Å²) in [4.78, 5) is 37.0. The lowest BCUT2D eigenvalue weighted by molar-refractivity contribution is -0.141. The maximum atomic E-state index is 12.4. The zero-order valence-electron chi connectivity index (χ0n) is 16.5. The third kappa shape index (κ3) is 4.44. The van der Waals surface area contributed by atoms with E-state index in [1.807, 2.05) is 48.5 Å². The predicted octanol–water partition coefficient (Wildman–Crippen LogP) is 2.46. The SMILES string of the molecule is C#CCN(C)C(=O)C(CC(=O)O)NC(=O)OCC1c2ccccc2-c2ccccc21. The Hall–Kier alpha value is -3.79. The highest BCUT2D eigenvalue weighted by Crippen LogP contribution is 2.44. The van der Waals surface area contributed by atoms with Crippen molar-refractivity contribution >= 4 is 18.0 Å². The summed E-state index contributed by atoms with van der Waals surface area (Å²) >= 11 is 0. The maximum Gasteiger partial charge on any atom is 0.407 e. The maximum absolute atomic E-state index is 12.4. The molecule has 0 aliphatic heterocycles. The van der Waals surface area contributed by atoms with Crippen LogP contribution in [0.2, 0.25) is 0 Å². The van der Waals surface area contributed by atoms with Crippen LogP contribution in [0.15, 0.2) is 48.5 Å². The molecule has 0 heterocycles. The Morgan fingerprint density at radius 3 is 2.23 bits per heavy atom. The zero-order chi connectivity index (χ0) is 21.7. The largest absolute Gasteiger partial charge is 0.481 e. The molecule has 2 aromatic carbocycles. The molecule has 3 rings (SSSR count). The van der Waals surface area contributed by atoms with Gasteiger partial charge in [-0.25, -0.2) is 4.79 Å². The number of carboxylic acids is 1. The molecule has 1 aliphatic rings. The zero-order valence-corrected chi connectivity index (χ0v) is 16.5. The van der Waals surface area contributed by atoms with Gasteiger partial charge in [0.05, 0.1) is 13.0 Å². The van der Waals surface area contributed by atoms with Crippen molar-refractivity contribution in [1.29, 1.82) is 0 Å². The molecular weight excluding hydrogens is 384 g/mol. The van der Waals surface area contributed by atoms with E-state index in [1.165, 1.54) is 11.9 Å². The van der Waals surface area contributed by atoms with Gasteiger partial charge in [-0.3, -0.25) is 9.59 Å². The topological polar surface area (TPSA) is 95.9 Å². The third-order valence-electron chi connectivity index (χ3n) is 5.02. The van der Waals surface area contributed by atoms with Crippen LogP contribution in [0.4, 0.5) is 4.79 Å². The fourth-order valence-corrected chi connectivity index (χ4v) is 3.64. The van der Waals surface area contributed by atoms with Gasteiger partial charge in [0.2, 0.25) is 5.91 Å². The summed E-state index contributed by atoms with van der Waals surface area (Å²) < 4.78 is 5.39. The number of nitrogens with one attached hydrogen (secondary N) is 1. The van der Waals surface area contributed by atoms with Crippen molar-refractivity contribution in [3.63, 3.8) is 0 Å². The first-order valence-electron chi connectivity index (χ1n) is 9.44. The van der Waals surface area contributed by atoms with Crippen LogP contribution in [0.5, 0.6) is 0 Å². The van der Waals surface area contributed by atoms with Gasteiger partial charge >= 0.3 is 12.1 Å². The summed E-state index contributed by atoms with van der Waals surface area (Å²) in [6, 6.07) is 14.5. The molecule has 1 atom stereocenters. The van der Waals surface area contributed by atoms with E-state index in [0.29, 0.717) is 0 Å². The molecular formula is C23H22N2O5. The average molecular weight is 406 g/mol. The van der Waals surface area contributed by atoms with Gasteiger partial charge in [-0.05, 0) is 22.3 Å². The molecule has 30 heavy (non-hydrogen) atoms. The number of benzene rings is 2. The Kier molecular flexibility index (Phi) is 6.38. The van der Waals surface area contributed by atoms with Gasteiger partial charge in [0.1, 0.15) is 12.6 Å². The molecule has 2 N–H and O–H groups in total. The number of hydrogen-bond acceptors (Lipinski definition) is 4. The van der Waals surface area contributed by atoms with Crippen molar-refractivity contribution in [2.45, 2.75) is 18.4 Å². The molecule has 0 radical (unpaired) electrons. The van der Waals surface area contributed by atoms with Crippen molar-refractivity contribution in [3.8, 4) is 23.5 Å². The van der Waals surface area contributed by atoms with Crippen LogP contribution in [0, 0.1) is 12.3 Å². The second kappa shape index (κ2) is 9.14. The minimum Gasteiger partial charge on any atom is -0.481 e. The quantitative estimate of drug-likeness (QED) is 0.689. The summed E-state index contributed by atoms with van der Waals surface area (Å²) in [5.41, 5.74) is 4.30. The van der Waals surface area contributed by atoms with Crippen LogP contribution in [0.3, 0.4) is 0 Å². The van der Waals surface area contributed by atoms with Crippen molar-refractivity contribution < 1.29 is 24.2 Å². The molecule has 0 fully saturated rings. The number of hydrogen-bond donors (Lipinski definition) is 2. The minimum atomic E-state index is -1.27. The van der Waals surface area contributed by atoms with Crippen LogP contribution >= 0.6 is 0 Å². The smallest absolute Gasteiger partial charge is 0.407 e. The van der Waals surface area contributed by atoms with Gasteiger partial charge in [0, 0.05) is 13.0 Å². The van der Waals surface area contributed by atoms with Gasteiger partial charge in [0.15, 0.2) is 0 Å². The molecule has 0 spiro atoms. The molecule has 0 bridgehead atoms. The summed E-state index contributed by atoms with van der Waals surface area (Å²) in [6.07, 6.45) is 3.77. The average Bonchev–Trinajstić information content (AvgIpc) is 3.05. The van der Waals surface area contributed by atoms with Gasteiger partial charge in [-0.2, -0.15) is 0 Å². The van der Waals surface area contributed by atoms with Gasteiger partial charge < -0.3 is 20.1 Å². The van der Waals surface area contributed by atoms with E-state index in [1.54, 1.807) is 0 Å². The molecule has 0 saturated carbocycles. The number of carbonyl (C=O) groups excluding carboxylic acids is 2. The summed E-state index contributed by atoms with van der Waals surface area (Å²) in [5.74, 6) is 0.352. The van der Waals surface area contributed by atoms with E-state index in [-0.39, 0.29) is 19.1 Å². The monoisotopic (exact) mass is 406 g/mol. The molecule has 154 valence electrons. The van der Waals surface area contributed by atoms with E-state index in [4.69, 9.17) is 16.3 Å². The van der Waals surface area contributed by atoms with Crippen LogP contribution in [0.25, 0.3) is 11.1 Å².